The topological polar surface area (TPSA) is 610 Å². The first-order chi connectivity index (χ1) is 65.0. The van der Waals surface area contributed by atoms with Crippen molar-refractivity contribution in [3.05, 3.63) is 18.3 Å². The van der Waals surface area contributed by atoms with E-state index in [0.29, 0.717) is 184 Å². The summed E-state index contributed by atoms with van der Waals surface area (Å²) in [4.78, 5) is 147. The molecule has 0 aromatic carbocycles. The van der Waals surface area contributed by atoms with Crippen LogP contribution < -0.4 is 20.4 Å². The summed E-state index contributed by atoms with van der Waals surface area (Å²) in [6.45, 7) is 7.11. The van der Waals surface area contributed by atoms with Gasteiger partial charge in [-0.05, 0) is 103 Å². The van der Waals surface area contributed by atoms with Gasteiger partial charge in [0.15, 0.2) is 24.5 Å². The highest BCUT2D eigenvalue weighted by atomic mass is 31.2. The fourth-order valence-corrected chi connectivity index (χ4v) is 18.5. The number of phosphoric ester groups is 1. The molecule has 5 aliphatic heterocycles. The largest absolute Gasteiger partial charge is 0.778 e. The second-order valence-corrected chi connectivity index (χ2v) is 40.9. The number of amides is 3. The van der Waals surface area contributed by atoms with Gasteiger partial charge in [0, 0.05) is 146 Å². The molecule has 0 saturated carbocycles. The predicted octanol–water partition coefficient (Wildman–Crippen LogP) is 4.25. The van der Waals surface area contributed by atoms with Crippen LogP contribution in [0.5, 0.6) is 0 Å². The molecule has 2 aromatic rings. The van der Waals surface area contributed by atoms with Crippen LogP contribution in [0.15, 0.2) is 12.7 Å². The number of ketones is 5. The number of aryl methyl sites for hydroxylation is 1. The molecular formula is C92H155N7O35P2-2. The third-order valence-electron chi connectivity index (χ3n) is 25.6. The van der Waals surface area contributed by atoms with E-state index in [2.05, 4.69) is 25.6 Å². The van der Waals surface area contributed by atoms with Crippen molar-refractivity contribution in [3.8, 4) is 0 Å². The third kappa shape index (κ3) is 40.9. The van der Waals surface area contributed by atoms with Crippen molar-refractivity contribution >= 4 is 73.2 Å². The van der Waals surface area contributed by atoms with Crippen LogP contribution in [0.3, 0.4) is 0 Å². The Bertz CT molecular complexity index is 3750. The molecular weight excluding hydrogens is 1820 g/mol. The van der Waals surface area contributed by atoms with E-state index in [4.69, 9.17) is 60.9 Å². The van der Waals surface area contributed by atoms with E-state index in [9.17, 15) is 108 Å². The summed E-state index contributed by atoms with van der Waals surface area (Å²) in [5.41, 5.74) is -0.880. The SMILES string of the molecule is Cc1ncnc2c1ncn2[C@H]1C[C@H](OP(=O)([O-])OC[C@H]2C[C@H](O)CN2C(=O)CCCCCCCCC(=O)NC(COCCC(=O)CCCCCC(=O)CCCCO[C@@H]2OC(CO)[C@H](O)[C@H](O)C2C)(COCCC(=O)CCCCCC(=O)CCCCO[C@@H]2OC(CO)[C@H](O)[C@H](O)C2C)COCCC(=O)NCCCCC(=O)CCCCO[C@@H]2OC(CO)[C@H](O)[C@H](O)C2C)[C@@H](COP(=O)([O-])C(C)C)O1. The van der Waals surface area contributed by atoms with Crippen LogP contribution in [0.4, 0.5) is 0 Å². The Balaban J connectivity index is 0.890. The van der Waals surface area contributed by atoms with E-state index in [-0.39, 0.29) is 171 Å². The smallest absolute Gasteiger partial charge is 0.268 e. The van der Waals surface area contributed by atoms with Gasteiger partial charge < -0.3 is 142 Å². The van der Waals surface area contributed by atoms with Crippen LogP contribution in [0.2, 0.25) is 0 Å². The van der Waals surface area contributed by atoms with E-state index in [0.717, 1.165) is 0 Å². The van der Waals surface area contributed by atoms with Gasteiger partial charge in [-0.2, -0.15) is 0 Å². The molecule has 5 fully saturated rings. The lowest BCUT2D eigenvalue weighted by Gasteiger charge is -2.40. The number of likely N-dealkylation sites (tertiary alicyclic amines) is 1. The van der Waals surface area contributed by atoms with Gasteiger partial charge in [0.2, 0.25) is 17.7 Å². The number of unbranched alkanes of at least 4 members (excludes halogenated alkanes) is 13. The van der Waals surface area contributed by atoms with E-state index < -0.39 is 188 Å². The molecule has 5 aliphatic rings. The molecule has 136 heavy (non-hydrogen) atoms. The minimum Gasteiger partial charge on any atom is -0.778 e. The van der Waals surface area contributed by atoms with Crippen molar-refractivity contribution in [1.82, 2.24) is 35.1 Å². The number of carbonyl (C=O) groups is 8. The monoisotopic (exact) mass is 1980 g/mol. The number of fused-ring (bicyclic) bond motifs is 1. The summed E-state index contributed by atoms with van der Waals surface area (Å²) in [5.74, 6) is -2.69. The van der Waals surface area contributed by atoms with Crippen molar-refractivity contribution in [2.24, 2.45) is 17.8 Å². The first-order valence-corrected chi connectivity index (χ1v) is 52.0. The average Bonchev–Trinajstić information content (AvgIpc) is 1.65. The normalized spacial score (nSPS) is 27.3. The third-order valence-corrected chi connectivity index (χ3v) is 28.3. The Labute approximate surface area is 797 Å². The van der Waals surface area contributed by atoms with Crippen LogP contribution in [0.1, 0.15) is 271 Å². The molecule has 12 N–H and O–H groups in total. The fourth-order valence-electron chi connectivity index (χ4n) is 16.8. The van der Waals surface area contributed by atoms with Gasteiger partial charge in [0.1, 0.15) is 103 Å². The Morgan fingerprint density at radius 2 is 0.890 bits per heavy atom. The minimum atomic E-state index is -5.21. The van der Waals surface area contributed by atoms with Gasteiger partial charge in [-0.3, -0.25) is 47.5 Å². The number of aromatic nitrogens is 4. The van der Waals surface area contributed by atoms with Crippen molar-refractivity contribution in [2.45, 2.75) is 382 Å². The summed E-state index contributed by atoms with van der Waals surface area (Å²) < 4.78 is 103. The summed E-state index contributed by atoms with van der Waals surface area (Å²) in [6.07, 6.45) is -0.616. The van der Waals surface area contributed by atoms with E-state index >= 15 is 0 Å². The quantitative estimate of drug-likeness (QED) is 0.0325. The van der Waals surface area contributed by atoms with Gasteiger partial charge in [0.05, 0.1) is 121 Å². The number of ether oxygens (including phenoxy) is 10. The summed E-state index contributed by atoms with van der Waals surface area (Å²) in [5, 5.41) is 107. The molecule has 44 heteroatoms. The first-order valence-electron chi connectivity index (χ1n) is 49.0. The van der Waals surface area contributed by atoms with Gasteiger partial charge in [-0.25, -0.2) is 15.0 Å². The number of β-amino-alcohol motifs (C(OH)–C–C–N with tert-alkyl or cyclic N) is 1. The van der Waals surface area contributed by atoms with Crippen molar-refractivity contribution in [2.75, 3.05) is 106 Å². The summed E-state index contributed by atoms with van der Waals surface area (Å²) >= 11 is 0. The van der Waals surface area contributed by atoms with E-state index in [1.807, 2.05) is 0 Å². The molecule has 2 aromatic heterocycles. The molecule has 0 spiro atoms. The zero-order valence-electron chi connectivity index (χ0n) is 80.2. The zero-order chi connectivity index (χ0) is 99.3. The second-order valence-electron chi connectivity index (χ2n) is 37.2. The lowest BCUT2D eigenvalue weighted by atomic mass is 9.92. The number of nitrogens with zero attached hydrogens (tertiary/aromatic N) is 5. The van der Waals surface area contributed by atoms with Crippen molar-refractivity contribution in [1.29, 1.82) is 0 Å². The lowest BCUT2D eigenvalue weighted by molar-refractivity contribution is -0.282. The maximum Gasteiger partial charge on any atom is 0.268 e. The van der Waals surface area contributed by atoms with Gasteiger partial charge in [-0.15, -0.1) is 0 Å². The predicted molar refractivity (Wildman–Crippen MR) is 484 cm³/mol. The molecule has 0 bridgehead atoms. The second kappa shape index (κ2) is 62.4. The molecule has 3 amide bonds. The Morgan fingerprint density at radius 3 is 1.35 bits per heavy atom. The summed E-state index contributed by atoms with van der Waals surface area (Å²) in [6, 6.07) is -0.839. The van der Waals surface area contributed by atoms with Crippen molar-refractivity contribution < 1.29 is 169 Å². The maximum absolute atomic E-state index is 14.3. The average molecular weight is 1980 g/mol. The van der Waals surface area contributed by atoms with Gasteiger partial charge in [0.25, 0.3) is 7.82 Å². The molecule has 8 unspecified atom stereocenters. The molecule has 22 atom stereocenters. The van der Waals surface area contributed by atoms with Gasteiger partial charge in [-0.1, -0.05) is 73.1 Å². The van der Waals surface area contributed by atoms with Crippen LogP contribution in [0.25, 0.3) is 11.2 Å². The minimum absolute atomic E-state index is 0.0149. The Hall–Kier alpha value is -5.23. The number of carbonyl (C=O) groups excluding carboxylic acids is 8. The lowest BCUT2D eigenvalue weighted by Crippen LogP contribution is -2.58. The Morgan fingerprint density at radius 1 is 0.478 bits per heavy atom. The van der Waals surface area contributed by atoms with Crippen molar-refractivity contribution in [3.63, 3.8) is 0 Å². The number of aliphatic hydroxyl groups is 10. The van der Waals surface area contributed by atoms with Crippen LogP contribution in [-0.4, -0.2) is 337 Å². The number of phosphoric acid groups is 1. The standard InChI is InChI=1S/C92H157N7O35P2/c1-60(2)135(118,119)128-54-76-72(48-80(130-76)99-59-96-81-64(6)94-58-95-88(81)99)134-136(120,121)129-53-65-47-71(108)49-98(65)79(111)36-18-10-8-7-9-17-35-78(110)97-92(55-122-44-37-69(106)29-15-11-13-27-66(103)32-20-24-41-125-89-61(3)82(112)85(115)73(50-100)131-89,56-123-45-38-70(107)30-16-12-14-28-67(104)33-21-25-42-126-90-62(4)83(113)86(116)74(51-101)132-90)57-124-46-39-77(109)93-40-23-19-31-68(105)34-22-26-43-127-91-63(5)84(114)87(117)75(52-102)133-91/h58-63,65,71-76,80,82-87,89-91,100-102,108,112-117H,7-57H2,1-6H3,(H,93,109)(H,97,110)(H,118,119)(H,120,121)/p-2/t61?,62?,63?,65-,71+,72+,73?,74?,75?,76-,80-,82-,83-,84-,85+,86+,87+,89-,90-,91-,92?/m1/s1. The number of hydrogen-bond acceptors (Lipinski definition) is 38. The Kier molecular flexibility index (Phi) is 54.0. The molecule has 42 nitrogen and oxygen atoms in total. The van der Waals surface area contributed by atoms with Gasteiger partial charge >= 0.3 is 0 Å². The fraction of sp³-hybridized carbons (Fsp3) is 0.859. The highest BCUT2D eigenvalue weighted by Gasteiger charge is 2.47. The molecule has 780 valence electrons. The van der Waals surface area contributed by atoms with E-state index in [1.165, 1.54) is 31.4 Å². The number of nitrogens with one attached hydrogen (secondary N) is 2. The van der Waals surface area contributed by atoms with Crippen LogP contribution >= 0.6 is 15.4 Å². The van der Waals surface area contributed by atoms with E-state index in [1.54, 1.807) is 32.3 Å². The molecule has 7 heterocycles. The highest BCUT2D eigenvalue weighted by molar-refractivity contribution is 7.52. The maximum atomic E-state index is 14.3. The zero-order valence-corrected chi connectivity index (χ0v) is 81.9. The van der Waals surface area contributed by atoms with Crippen LogP contribution in [0, 0.1) is 24.7 Å². The number of imidazole rings is 1. The number of rotatable bonds is 73. The number of hydrogen-bond donors (Lipinski definition) is 12. The number of aliphatic hydroxyl groups excluding tert-OH is 10. The summed E-state index contributed by atoms with van der Waals surface area (Å²) in [7, 11) is -9.61. The first kappa shape index (κ1) is 118. The molecule has 5 saturated heterocycles. The molecule has 0 aliphatic carbocycles. The number of Topliss-reactive ketones (excluding diaryl/α,β-unsaturated/α-hetero) is 5. The van der Waals surface area contributed by atoms with Crippen LogP contribution in [-0.2, 0) is 108 Å². The molecule has 0 radical (unpaired) electrons. The molecule has 7 rings (SSSR count). The highest BCUT2D eigenvalue weighted by Crippen LogP contribution is 2.49.